The first-order valence-electron chi connectivity index (χ1n) is 9.78. The molecule has 3 aromatic rings. The molecular weight excluding hydrogens is 380 g/mol. The zero-order valence-corrected chi connectivity index (χ0v) is 16.6. The van der Waals surface area contributed by atoms with Crippen LogP contribution in [0.3, 0.4) is 0 Å². The second-order valence-electron chi connectivity index (χ2n) is 7.27. The van der Waals surface area contributed by atoms with Gasteiger partial charge in [0.25, 0.3) is 5.91 Å². The zero-order valence-electron chi connectivity index (χ0n) is 15.8. The van der Waals surface area contributed by atoms with Gasteiger partial charge in [0.05, 0.1) is 11.4 Å². The fraction of sp³-hybridized carbons (Fsp3) is 0.167. The van der Waals surface area contributed by atoms with Crippen LogP contribution >= 0.6 is 11.3 Å². The second-order valence-corrected chi connectivity index (χ2v) is 8.25. The molecular formula is C24H20N2O2S. The molecule has 2 heterocycles. The maximum Gasteiger partial charge on any atom is 0.259 e. The van der Waals surface area contributed by atoms with E-state index >= 15 is 0 Å². The summed E-state index contributed by atoms with van der Waals surface area (Å²) < 4.78 is 0. The quantitative estimate of drug-likeness (QED) is 0.612. The number of Topliss-reactive ketones (excluding diaryl/α,β-unsaturated/α-hetero) is 1. The van der Waals surface area contributed by atoms with Crippen LogP contribution in [0, 0.1) is 0 Å². The number of nitrogens with one attached hydrogen (secondary N) is 1. The highest BCUT2D eigenvalue weighted by Crippen LogP contribution is 2.46. The predicted octanol–water partition coefficient (Wildman–Crippen LogP) is 5.57. The molecule has 0 bridgehead atoms. The van der Waals surface area contributed by atoms with Gasteiger partial charge in [-0.25, -0.2) is 0 Å². The maximum atomic E-state index is 13.8. The van der Waals surface area contributed by atoms with Crippen molar-refractivity contribution in [1.29, 1.82) is 0 Å². The lowest BCUT2D eigenvalue weighted by Gasteiger charge is -2.33. The molecule has 1 atom stereocenters. The van der Waals surface area contributed by atoms with Gasteiger partial charge in [0.2, 0.25) is 0 Å². The summed E-state index contributed by atoms with van der Waals surface area (Å²) in [6, 6.07) is 20.7. The van der Waals surface area contributed by atoms with Gasteiger partial charge in [0, 0.05) is 28.1 Å². The molecule has 1 amide bonds. The summed E-state index contributed by atoms with van der Waals surface area (Å²) in [5.41, 5.74) is 3.92. The summed E-state index contributed by atoms with van der Waals surface area (Å²) in [7, 11) is 0. The zero-order chi connectivity index (χ0) is 19.8. The van der Waals surface area contributed by atoms with Crippen LogP contribution in [-0.4, -0.2) is 11.7 Å². The molecule has 1 aromatic heterocycles. The number of fused-ring (bicyclic) bond motifs is 1. The molecule has 0 fully saturated rings. The summed E-state index contributed by atoms with van der Waals surface area (Å²) >= 11 is 1.58. The highest BCUT2D eigenvalue weighted by atomic mass is 32.1. The number of allylic oxidation sites excluding steroid dienone is 1. The van der Waals surface area contributed by atoms with Crippen molar-refractivity contribution in [2.24, 2.45) is 0 Å². The standard InChI is InChI=1S/C24H20N2O2S/c27-20-13-6-11-18-22(20)23(21-14-7-15-29-21)26(19-12-5-4-10-17(19)25-18)24(28)16-8-2-1-3-9-16/h1-5,7-10,12,14-15,23,25H,6,11,13H2. The van der Waals surface area contributed by atoms with Crippen molar-refractivity contribution in [3.8, 4) is 0 Å². The van der Waals surface area contributed by atoms with Gasteiger partial charge < -0.3 is 5.32 Å². The number of nitrogens with zero attached hydrogens (tertiary/aromatic N) is 1. The number of thiophene rings is 1. The SMILES string of the molecule is O=C1CCCC2=C1C(c1cccs1)N(C(=O)c1ccccc1)c1ccccc1N2. The largest absolute Gasteiger partial charge is 0.357 e. The third-order valence-electron chi connectivity index (χ3n) is 5.49. The van der Waals surface area contributed by atoms with E-state index in [2.05, 4.69) is 5.32 Å². The molecule has 0 saturated carbocycles. The van der Waals surface area contributed by atoms with Crippen LogP contribution in [0.1, 0.15) is 40.5 Å². The Hall–Kier alpha value is -3.18. The first-order valence-corrected chi connectivity index (χ1v) is 10.7. The van der Waals surface area contributed by atoms with Crippen LogP contribution in [0.5, 0.6) is 0 Å². The van der Waals surface area contributed by atoms with Crippen molar-refractivity contribution in [3.05, 3.63) is 93.8 Å². The third-order valence-corrected chi connectivity index (χ3v) is 6.41. The molecule has 1 aliphatic carbocycles. The van der Waals surface area contributed by atoms with Crippen LogP contribution < -0.4 is 10.2 Å². The molecule has 29 heavy (non-hydrogen) atoms. The molecule has 2 aliphatic rings. The number of carbonyl (C=O) groups is 2. The summed E-state index contributed by atoms with van der Waals surface area (Å²) in [5.74, 6) is 0.0150. The number of para-hydroxylation sites is 2. The van der Waals surface area contributed by atoms with Gasteiger partial charge in [-0.3, -0.25) is 14.5 Å². The Morgan fingerprint density at radius 2 is 1.76 bits per heavy atom. The van der Waals surface area contributed by atoms with Gasteiger partial charge in [-0.1, -0.05) is 36.4 Å². The Bertz CT molecular complexity index is 1100. The molecule has 144 valence electrons. The van der Waals surface area contributed by atoms with Crippen molar-refractivity contribution >= 4 is 34.4 Å². The van der Waals surface area contributed by atoms with E-state index in [1.807, 2.05) is 72.1 Å². The summed E-state index contributed by atoms with van der Waals surface area (Å²) in [5, 5.41) is 5.49. The second kappa shape index (κ2) is 7.33. The van der Waals surface area contributed by atoms with E-state index in [0.717, 1.165) is 40.4 Å². The lowest BCUT2D eigenvalue weighted by atomic mass is 9.88. The normalized spacial score (nSPS) is 18.6. The van der Waals surface area contributed by atoms with Crippen molar-refractivity contribution in [1.82, 2.24) is 0 Å². The van der Waals surface area contributed by atoms with Crippen molar-refractivity contribution in [2.45, 2.75) is 25.3 Å². The maximum absolute atomic E-state index is 13.8. The molecule has 2 aromatic carbocycles. The van der Waals surface area contributed by atoms with Gasteiger partial charge in [-0.05, 0) is 48.6 Å². The summed E-state index contributed by atoms with van der Waals surface area (Å²) in [6.07, 6.45) is 2.16. The number of amides is 1. The minimum absolute atomic E-state index is 0.106. The molecule has 1 N–H and O–H groups in total. The van der Waals surface area contributed by atoms with Crippen LogP contribution in [0.15, 0.2) is 83.4 Å². The minimum atomic E-state index is -0.429. The van der Waals surface area contributed by atoms with Crippen LogP contribution in [-0.2, 0) is 4.79 Å². The van der Waals surface area contributed by atoms with E-state index in [1.54, 1.807) is 16.2 Å². The molecule has 1 unspecified atom stereocenters. The molecule has 4 nitrogen and oxygen atoms in total. The van der Waals surface area contributed by atoms with E-state index in [4.69, 9.17) is 0 Å². The number of benzene rings is 2. The van der Waals surface area contributed by atoms with E-state index < -0.39 is 6.04 Å². The minimum Gasteiger partial charge on any atom is -0.357 e. The number of carbonyl (C=O) groups excluding carboxylic acids is 2. The summed E-state index contributed by atoms with van der Waals surface area (Å²) in [4.78, 5) is 29.7. The van der Waals surface area contributed by atoms with Gasteiger partial charge in [-0.15, -0.1) is 11.3 Å². The van der Waals surface area contributed by atoms with E-state index in [-0.39, 0.29) is 11.7 Å². The molecule has 1 aliphatic heterocycles. The lowest BCUT2D eigenvalue weighted by Crippen LogP contribution is -2.37. The van der Waals surface area contributed by atoms with Gasteiger partial charge in [0.1, 0.15) is 6.04 Å². The topological polar surface area (TPSA) is 49.4 Å². The third kappa shape index (κ3) is 3.08. The molecule has 0 saturated heterocycles. The number of hydrogen-bond donors (Lipinski definition) is 1. The first kappa shape index (κ1) is 17.9. The van der Waals surface area contributed by atoms with Crippen LogP contribution in [0.4, 0.5) is 11.4 Å². The average Bonchev–Trinajstić information content (AvgIpc) is 3.23. The monoisotopic (exact) mass is 400 g/mol. The Morgan fingerprint density at radius 3 is 2.55 bits per heavy atom. The Morgan fingerprint density at radius 1 is 0.966 bits per heavy atom. The smallest absolute Gasteiger partial charge is 0.259 e. The van der Waals surface area contributed by atoms with E-state index in [1.165, 1.54) is 0 Å². The van der Waals surface area contributed by atoms with Gasteiger partial charge in [-0.2, -0.15) is 0 Å². The molecule has 0 radical (unpaired) electrons. The number of rotatable bonds is 2. The van der Waals surface area contributed by atoms with Crippen molar-refractivity contribution in [2.75, 3.05) is 10.2 Å². The number of anilines is 2. The Labute approximate surface area is 173 Å². The fourth-order valence-corrected chi connectivity index (χ4v) is 5.02. The Balaban J connectivity index is 1.77. The van der Waals surface area contributed by atoms with E-state index in [9.17, 15) is 9.59 Å². The number of hydrogen-bond acceptors (Lipinski definition) is 4. The molecule has 5 rings (SSSR count). The highest BCUT2D eigenvalue weighted by molar-refractivity contribution is 7.10. The van der Waals surface area contributed by atoms with Crippen LogP contribution in [0.25, 0.3) is 0 Å². The van der Waals surface area contributed by atoms with Crippen molar-refractivity contribution in [3.63, 3.8) is 0 Å². The van der Waals surface area contributed by atoms with Crippen LogP contribution in [0.2, 0.25) is 0 Å². The van der Waals surface area contributed by atoms with Crippen molar-refractivity contribution < 1.29 is 9.59 Å². The predicted molar refractivity (Wildman–Crippen MR) is 116 cm³/mol. The molecule has 5 heteroatoms. The van der Waals surface area contributed by atoms with Gasteiger partial charge >= 0.3 is 0 Å². The first-order chi connectivity index (χ1) is 14.2. The molecule has 0 spiro atoms. The Kier molecular flexibility index (Phi) is 4.52. The van der Waals surface area contributed by atoms with Gasteiger partial charge in [0.15, 0.2) is 5.78 Å². The fourth-order valence-electron chi connectivity index (χ4n) is 4.19. The average molecular weight is 401 g/mol. The lowest BCUT2D eigenvalue weighted by molar-refractivity contribution is -0.116. The van der Waals surface area contributed by atoms with E-state index in [0.29, 0.717) is 12.0 Å². The summed E-state index contributed by atoms with van der Waals surface area (Å²) in [6.45, 7) is 0. The highest BCUT2D eigenvalue weighted by Gasteiger charge is 2.40. The number of ketones is 1.